The van der Waals surface area contributed by atoms with Crippen molar-refractivity contribution in [2.75, 3.05) is 18.5 Å². The Bertz CT molecular complexity index is 904. The Balaban J connectivity index is 1.60. The molecule has 6 heteroatoms. The molecule has 1 aliphatic rings. The van der Waals surface area contributed by atoms with E-state index >= 15 is 0 Å². The first-order chi connectivity index (χ1) is 11.2. The van der Waals surface area contributed by atoms with Crippen LogP contribution < -0.4 is 14.8 Å². The Morgan fingerprint density at radius 1 is 1.09 bits per heavy atom. The first kappa shape index (κ1) is 13.6. The average molecular weight is 312 g/mol. The lowest BCUT2D eigenvalue weighted by Crippen LogP contribution is -2.16. The van der Waals surface area contributed by atoms with Crippen LogP contribution in [0.4, 0.5) is 10.1 Å². The van der Waals surface area contributed by atoms with Gasteiger partial charge in [-0.2, -0.15) is 0 Å². The third-order valence-corrected chi connectivity index (χ3v) is 3.66. The average Bonchev–Trinajstić information content (AvgIpc) is 3.01. The highest BCUT2D eigenvalue weighted by atomic mass is 19.1. The lowest BCUT2D eigenvalue weighted by atomic mass is 10.2. The van der Waals surface area contributed by atoms with Crippen LogP contribution in [0.25, 0.3) is 10.9 Å². The highest BCUT2D eigenvalue weighted by molar-refractivity contribution is 6.06. The summed E-state index contributed by atoms with van der Waals surface area (Å²) in [6.45, 7) is 0.991. The summed E-state index contributed by atoms with van der Waals surface area (Å²) < 4.78 is 24.6. The van der Waals surface area contributed by atoms with Crippen molar-refractivity contribution in [3.05, 3.63) is 54.0 Å². The number of carbonyl (C=O) groups is 1. The number of aromatic nitrogens is 1. The van der Waals surface area contributed by atoms with E-state index in [1.54, 1.807) is 30.3 Å². The topological polar surface area (TPSA) is 63.4 Å². The Morgan fingerprint density at radius 2 is 1.91 bits per heavy atom. The standard InChI is InChI=1S/C17H13FN2O3/c18-12-2-1-3-13-11(12)9-14(20-13)17(21)19-10-4-5-15-16(8-10)23-7-6-22-15/h1-5,8-9,20H,6-7H2,(H,19,21). The minimum Gasteiger partial charge on any atom is -0.486 e. The van der Waals surface area contributed by atoms with Gasteiger partial charge in [0, 0.05) is 22.7 Å². The minimum atomic E-state index is -0.364. The van der Waals surface area contributed by atoms with Crippen LogP contribution >= 0.6 is 0 Å². The van der Waals surface area contributed by atoms with Crippen molar-refractivity contribution in [1.82, 2.24) is 4.98 Å². The van der Waals surface area contributed by atoms with Crippen LogP contribution in [0, 0.1) is 5.82 Å². The zero-order valence-electron chi connectivity index (χ0n) is 12.1. The molecule has 0 unspecified atom stereocenters. The predicted octanol–water partition coefficient (Wildman–Crippen LogP) is 3.33. The van der Waals surface area contributed by atoms with Gasteiger partial charge in [0.1, 0.15) is 24.7 Å². The maximum atomic E-state index is 13.7. The van der Waals surface area contributed by atoms with Crippen LogP contribution in [0.15, 0.2) is 42.5 Å². The van der Waals surface area contributed by atoms with Crippen LogP contribution in [0.5, 0.6) is 11.5 Å². The molecule has 4 rings (SSSR count). The van der Waals surface area contributed by atoms with Crippen molar-refractivity contribution in [1.29, 1.82) is 0 Å². The molecule has 0 saturated heterocycles. The lowest BCUT2D eigenvalue weighted by molar-refractivity contribution is 0.102. The molecule has 0 saturated carbocycles. The van der Waals surface area contributed by atoms with E-state index in [0.717, 1.165) is 0 Å². The molecule has 23 heavy (non-hydrogen) atoms. The smallest absolute Gasteiger partial charge is 0.272 e. The number of fused-ring (bicyclic) bond motifs is 2. The van der Waals surface area contributed by atoms with Crippen molar-refractivity contribution in [3.63, 3.8) is 0 Å². The molecule has 5 nitrogen and oxygen atoms in total. The highest BCUT2D eigenvalue weighted by Gasteiger charge is 2.15. The molecule has 0 aliphatic carbocycles. The van der Waals surface area contributed by atoms with E-state index in [-0.39, 0.29) is 11.7 Å². The summed E-state index contributed by atoms with van der Waals surface area (Å²) in [6.07, 6.45) is 0. The van der Waals surface area contributed by atoms with Crippen molar-refractivity contribution in [3.8, 4) is 11.5 Å². The molecule has 1 amide bonds. The second-order valence-corrected chi connectivity index (χ2v) is 5.20. The molecule has 2 N–H and O–H groups in total. The molecule has 2 aromatic carbocycles. The van der Waals surface area contributed by atoms with Gasteiger partial charge in [-0.05, 0) is 30.3 Å². The van der Waals surface area contributed by atoms with Gasteiger partial charge < -0.3 is 19.8 Å². The third-order valence-electron chi connectivity index (χ3n) is 3.66. The SMILES string of the molecule is O=C(Nc1ccc2c(c1)OCCO2)c1cc2c(F)cccc2[nH]1. The summed E-state index contributed by atoms with van der Waals surface area (Å²) >= 11 is 0. The van der Waals surface area contributed by atoms with E-state index in [4.69, 9.17) is 9.47 Å². The Hall–Kier alpha value is -3.02. The van der Waals surface area contributed by atoms with E-state index in [9.17, 15) is 9.18 Å². The van der Waals surface area contributed by atoms with E-state index < -0.39 is 0 Å². The summed E-state index contributed by atoms with van der Waals surface area (Å²) in [5.74, 6) is 0.535. The van der Waals surface area contributed by atoms with Gasteiger partial charge in [0.05, 0.1) is 0 Å². The molecular formula is C17H13FN2O3. The fourth-order valence-electron chi connectivity index (χ4n) is 2.56. The Kier molecular flexibility index (Phi) is 3.15. The number of carbonyl (C=O) groups excluding carboxylic acids is 1. The van der Waals surface area contributed by atoms with Gasteiger partial charge in [-0.3, -0.25) is 4.79 Å². The van der Waals surface area contributed by atoms with Gasteiger partial charge in [0.15, 0.2) is 11.5 Å². The van der Waals surface area contributed by atoms with Gasteiger partial charge >= 0.3 is 0 Å². The molecule has 0 radical (unpaired) electrons. The largest absolute Gasteiger partial charge is 0.486 e. The normalized spacial score (nSPS) is 13.1. The molecule has 2 heterocycles. The van der Waals surface area contributed by atoms with E-state index in [1.165, 1.54) is 12.1 Å². The molecule has 0 bridgehead atoms. The minimum absolute atomic E-state index is 0.292. The number of amides is 1. The number of anilines is 1. The fraction of sp³-hybridized carbons (Fsp3) is 0.118. The molecule has 1 aliphatic heterocycles. The number of nitrogens with one attached hydrogen (secondary N) is 2. The summed E-state index contributed by atoms with van der Waals surface area (Å²) in [4.78, 5) is 15.2. The fourth-order valence-corrected chi connectivity index (χ4v) is 2.56. The number of H-pyrrole nitrogens is 1. The summed E-state index contributed by atoms with van der Waals surface area (Å²) in [5.41, 5.74) is 1.45. The quantitative estimate of drug-likeness (QED) is 0.763. The van der Waals surface area contributed by atoms with Crippen LogP contribution in [-0.2, 0) is 0 Å². The lowest BCUT2D eigenvalue weighted by Gasteiger charge is -2.18. The summed E-state index contributed by atoms with van der Waals surface area (Å²) in [5, 5.41) is 3.15. The van der Waals surface area contributed by atoms with Crippen molar-refractivity contribution in [2.24, 2.45) is 0 Å². The molecule has 3 aromatic rings. The first-order valence-electron chi connectivity index (χ1n) is 7.19. The molecule has 1 aromatic heterocycles. The van der Waals surface area contributed by atoms with Gasteiger partial charge in [-0.25, -0.2) is 4.39 Å². The number of hydrogen-bond donors (Lipinski definition) is 2. The maximum absolute atomic E-state index is 13.7. The number of benzene rings is 2. The Morgan fingerprint density at radius 3 is 2.74 bits per heavy atom. The molecule has 116 valence electrons. The van der Waals surface area contributed by atoms with Gasteiger partial charge in [-0.1, -0.05) is 6.07 Å². The van der Waals surface area contributed by atoms with E-state index in [1.807, 2.05) is 0 Å². The summed E-state index contributed by atoms with van der Waals surface area (Å²) in [6, 6.07) is 11.4. The second kappa shape index (κ2) is 5.31. The third kappa shape index (κ3) is 2.48. The van der Waals surface area contributed by atoms with E-state index in [2.05, 4.69) is 10.3 Å². The highest BCUT2D eigenvalue weighted by Crippen LogP contribution is 2.32. The molecule has 0 fully saturated rings. The summed E-state index contributed by atoms with van der Waals surface area (Å²) in [7, 11) is 0. The maximum Gasteiger partial charge on any atom is 0.272 e. The van der Waals surface area contributed by atoms with Crippen molar-refractivity contribution < 1.29 is 18.7 Å². The zero-order chi connectivity index (χ0) is 15.8. The first-order valence-corrected chi connectivity index (χ1v) is 7.19. The van der Waals surface area contributed by atoms with Crippen LogP contribution in [-0.4, -0.2) is 24.1 Å². The van der Waals surface area contributed by atoms with Crippen molar-refractivity contribution >= 4 is 22.5 Å². The van der Waals surface area contributed by atoms with Crippen LogP contribution in [0.2, 0.25) is 0 Å². The number of ether oxygens (including phenoxy) is 2. The number of aromatic amines is 1. The zero-order valence-corrected chi connectivity index (χ0v) is 12.1. The van der Waals surface area contributed by atoms with Gasteiger partial charge in [0.2, 0.25) is 0 Å². The van der Waals surface area contributed by atoms with Crippen molar-refractivity contribution in [2.45, 2.75) is 0 Å². The second-order valence-electron chi connectivity index (χ2n) is 5.20. The van der Waals surface area contributed by atoms with Crippen LogP contribution in [0.3, 0.4) is 0 Å². The van der Waals surface area contributed by atoms with Crippen LogP contribution in [0.1, 0.15) is 10.5 Å². The monoisotopic (exact) mass is 312 g/mol. The number of hydrogen-bond acceptors (Lipinski definition) is 3. The van der Waals surface area contributed by atoms with E-state index in [0.29, 0.717) is 47.0 Å². The number of rotatable bonds is 2. The number of halogens is 1. The molecule has 0 spiro atoms. The predicted molar refractivity (Wildman–Crippen MR) is 83.6 cm³/mol. The molecule has 0 atom stereocenters. The van der Waals surface area contributed by atoms with Gasteiger partial charge in [0.25, 0.3) is 5.91 Å². The molecular weight excluding hydrogens is 299 g/mol. The van der Waals surface area contributed by atoms with Gasteiger partial charge in [-0.15, -0.1) is 0 Å². The Labute approximate surface area is 131 Å².